The third kappa shape index (κ3) is 4.95. The van der Waals surface area contributed by atoms with Gasteiger partial charge in [-0.3, -0.25) is 4.31 Å². The average molecular weight is 422 g/mol. The Morgan fingerprint density at radius 3 is 2.40 bits per heavy atom. The summed E-state index contributed by atoms with van der Waals surface area (Å²) in [5.41, 5.74) is 3.41. The van der Waals surface area contributed by atoms with Crippen LogP contribution in [0.4, 0.5) is 0 Å². The molecule has 0 radical (unpaired) electrons. The van der Waals surface area contributed by atoms with E-state index in [1.807, 2.05) is 49.4 Å². The van der Waals surface area contributed by atoms with Gasteiger partial charge in [-0.1, -0.05) is 29.7 Å². The van der Waals surface area contributed by atoms with Crippen LogP contribution >= 0.6 is 0 Å². The van der Waals surface area contributed by atoms with Gasteiger partial charge in [0.25, 0.3) is 10.0 Å². The summed E-state index contributed by atoms with van der Waals surface area (Å²) in [5.74, 6) is 7.07. The van der Waals surface area contributed by atoms with Crippen LogP contribution in [0.5, 0.6) is 5.75 Å². The van der Waals surface area contributed by atoms with Gasteiger partial charge in [0.15, 0.2) is 0 Å². The summed E-state index contributed by atoms with van der Waals surface area (Å²) in [5, 5.41) is 0. The van der Waals surface area contributed by atoms with Gasteiger partial charge >= 0.3 is 0 Å². The summed E-state index contributed by atoms with van der Waals surface area (Å²) in [6, 6.07) is 14.4. The first-order valence-corrected chi connectivity index (χ1v) is 11.5. The molecule has 0 aliphatic carbocycles. The smallest absolute Gasteiger partial charge is 0.264 e. The van der Waals surface area contributed by atoms with Crippen LogP contribution in [0.3, 0.4) is 0 Å². The fourth-order valence-electron chi connectivity index (χ4n) is 3.41. The van der Waals surface area contributed by atoms with E-state index in [0.29, 0.717) is 18.7 Å². The first-order chi connectivity index (χ1) is 14.5. The van der Waals surface area contributed by atoms with Crippen molar-refractivity contribution in [1.82, 2.24) is 4.31 Å². The van der Waals surface area contributed by atoms with Crippen LogP contribution in [0.1, 0.15) is 36.8 Å². The van der Waals surface area contributed by atoms with E-state index < -0.39 is 10.0 Å². The summed E-state index contributed by atoms with van der Waals surface area (Å²) < 4.78 is 33.7. The van der Waals surface area contributed by atoms with E-state index in [9.17, 15) is 8.42 Å². The highest BCUT2D eigenvalue weighted by Gasteiger charge is 2.29. The second-order valence-electron chi connectivity index (χ2n) is 7.27. The van der Waals surface area contributed by atoms with Crippen LogP contribution in [-0.2, 0) is 10.0 Å². The molecule has 0 aromatic heterocycles. The Morgan fingerprint density at radius 1 is 1.07 bits per heavy atom. The standard InChI is InChI=1S/C25H27NO3S/c1-4-7-22-8-5-6-19-26(30(27,28)24-16-9-20(2)10-17-24)25(22)18-13-21-11-14-23(29-3)15-12-21/h4,9-12,14-17H,1,5-8,19H2,2-3H3. The highest BCUT2D eigenvalue weighted by molar-refractivity contribution is 7.89. The maximum Gasteiger partial charge on any atom is 0.264 e. The van der Waals surface area contributed by atoms with E-state index in [-0.39, 0.29) is 4.90 Å². The molecule has 2 aromatic rings. The Bertz CT molecular complexity index is 1090. The first kappa shape index (κ1) is 21.7. The number of rotatable bonds is 5. The summed E-state index contributed by atoms with van der Waals surface area (Å²) in [6.07, 6.45) is 4.97. The minimum atomic E-state index is -3.70. The topological polar surface area (TPSA) is 46.6 Å². The number of allylic oxidation sites excluding steroid dienone is 3. The molecule has 3 rings (SSSR count). The molecule has 0 bridgehead atoms. The second-order valence-corrected chi connectivity index (χ2v) is 9.13. The number of nitrogens with zero attached hydrogens (tertiary/aromatic N) is 1. The molecule has 2 aromatic carbocycles. The van der Waals surface area contributed by atoms with Gasteiger partial charge < -0.3 is 4.74 Å². The highest BCUT2D eigenvalue weighted by atomic mass is 32.2. The molecule has 0 spiro atoms. The average Bonchev–Trinajstić information content (AvgIpc) is 2.96. The molecule has 4 nitrogen and oxygen atoms in total. The van der Waals surface area contributed by atoms with Crippen molar-refractivity contribution in [2.24, 2.45) is 0 Å². The molecule has 0 saturated carbocycles. The van der Waals surface area contributed by atoms with E-state index in [0.717, 1.165) is 41.7 Å². The quantitative estimate of drug-likeness (QED) is 0.501. The van der Waals surface area contributed by atoms with Gasteiger partial charge in [0.1, 0.15) is 11.4 Å². The molecule has 0 saturated heterocycles. The Hall–Kier alpha value is -2.97. The largest absolute Gasteiger partial charge is 0.497 e. The highest BCUT2D eigenvalue weighted by Crippen LogP contribution is 2.29. The lowest BCUT2D eigenvalue weighted by molar-refractivity contribution is 0.415. The maximum atomic E-state index is 13.5. The number of ether oxygens (including phenoxy) is 1. The Kier molecular flexibility index (Phi) is 7.02. The van der Waals surface area contributed by atoms with Crippen LogP contribution in [0.2, 0.25) is 0 Å². The molecule has 1 heterocycles. The fraction of sp³-hybridized carbons (Fsp3) is 0.280. The molecule has 0 atom stereocenters. The van der Waals surface area contributed by atoms with E-state index >= 15 is 0 Å². The van der Waals surface area contributed by atoms with E-state index in [1.165, 1.54) is 4.31 Å². The van der Waals surface area contributed by atoms with Crippen molar-refractivity contribution in [2.75, 3.05) is 13.7 Å². The van der Waals surface area contributed by atoms with Gasteiger partial charge in [-0.25, -0.2) is 8.42 Å². The number of sulfonamides is 1. The summed E-state index contributed by atoms with van der Waals surface area (Å²) in [7, 11) is -2.08. The fourth-order valence-corrected chi connectivity index (χ4v) is 4.93. The van der Waals surface area contributed by atoms with Crippen LogP contribution < -0.4 is 4.74 Å². The zero-order valence-corrected chi connectivity index (χ0v) is 18.3. The zero-order chi connectivity index (χ0) is 21.6. The molecular formula is C25H27NO3S. The van der Waals surface area contributed by atoms with Gasteiger partial charge in [-0.15, -0.1) is 6.58 Å². The van der Waals surface area contributed by atoms with E-state index in [1.54, 1.807) is 19.2 Å². The Morgan fingerprint density at radius 2 is 1.77 bits per heavy atom. The van der Waals surface area contributed by atoms with E-state index in [4.69, 9.17) is 4.74 Å². The minimum Gasteiger partial charge on any atom is -0.497 e. The first-order valence-electron chi connectivity index (χ1n) is 10.0. The molecule has 0 amide bonds. The third-order valence-corrected chi connectivity index (χ3v) is 6.90. The van der Waals surface area contributed by atoms with Gasteiger partial charge in [-0.05, 0) is 80.5 Å². The monoisotopic (exact) mass is 421 g/mol. The molecule has 30 heavy (non-hydrogen) atoms. The van der Waals surface area contributed by atoms with Crippen molar-refractivity contribution in [3.63, 3.8) is 0 Å². The van der Waals surface area contributed by atoms with Gasteiger partial charge in [0.05, 0.1) is 12.0 Å². The molecule has 5 heteroatoms. The predicted molar refractivity (Wildman–Crippen MR) is 121 cm³/mol. The van der Waals surface area contributed by atoms with Crippen LogP contribution in [0, 0.1) is 18.8 Å². The molecule has 0 N–H and O–H groups in total. The lowest BCUT2D eigenvalue weighted by Crippen LogP contribution is -2.31. The summed E-state index contributed by atoms with van der Waals surface area (Å²) in [4.78, 5) is 0.289. The molecular weight excluding hydrogens is 394 g/mol. The SMILES string of the molecule is C=CCC1=C(C#Cc2ccc(OC)cc2)N(S(=O)(=O)c2ccc(C)cc2)CCCC1. The molecule has 156 valence electrons. The minimum absolute atomic E-state index is 0.289. The van der Waals surface area contributed by atoms with Crippen molar-refractivity contribution in [2.45, 2.75) is 37.5 Å². The van der Waals surface area contributed by atoms with Crippen molar-refractivity contribution < 1.29 is 13.2 Å². The predicted octanol–water partition coefficient (Wildman–Crippen LogP) is 5.06. The normalized spacial score (nSPS) is 14.5. The number of aryl methyl sites for hydroxylation is 1. The lowest BCUT2D eigenvalue weighted by Gasteiger charge is -2.24. The van der Waals surface area contributed by atoms with Crippen LogP contribution in [-0.4, -0.2) is 26.4 Å². The molecule has 1 aliphatic heterocycles. The zero-order valence-electron chi connectivity index (χ0n) is 17.5. The Balaban J connectivity index is 2.07. The van der Waals surface area contributed by atoms with Crippen LogP contribution in [0.15, 0.2) is 77.4 Å². The Labute approximate surface area is 179 Å². The summed E-state index contributed by atoms with van der Waals surface area (Å²) >= 11 is 0. The van der Waals surface area contributed by atoms with Crippen molar-refractivity contribution in [1.29, 1.82) is 0 Å². The van der Waals surface area contributed by atoms with Crippen molar-refractivity contribution in [3.05, 3.63) is 83.6 Å². The van der Waals surface area contributed by atoms with Gasteiger partial charge in [-0.2, -0.15) is 0 Å². The third-order valence-electron chi connectivity index (χ3n) is 5.09. The number of benzene rings is 2. The molecule has 1 aliphatic rings. The van der Waals surface area contributed by atoms with Crippen molar-refractivity contribution in [3.8, 4) is 17.6 Å². The van der Waals surface area contributed by atoms with Crippen LogP contribution in [0.25, 0.3) is 0 Å². The van der Waals surface area contributed by atoms with Gasteiger partial charge in [0.2, 0.25) is 0 Å². The maximum absolute atomic E-state index is 13.5. The second kappa shape index (κ2) is 9.69. The number of methoxy groups -OCH3 is 1. The van der Waals surface area contributed by atoms with E-state index in [2.05, 4.69) is 18.4 Å². The lowest BCUT2D eigenvalue weighted by atomic mass is 10.0. The number of hydrogen-bond acceptors (Lipinski definition) is 3. The summed E-state index contributed by atoms with van der Waals surface area (Å²) in [6.45, 7) is 6.21. The molecule has 0 unspecified atom stereocenters. The molecule has 0 fully saturated rings. The number of hydrogen-bond donors (Lipinski definition) is 0. The van der Waals surface area contributed by atoms with Crippen molar-refractivity contribution >= 4 is 10.0 Å². The van der Waals surface area contributed by atoms with Gasteiger partial charge in [0, 0.05) is 12.1 Å².